The summed E-state index contributed by atoms with van der Waals surface area (Å²) in [4.78, 5) is 3.90. The number of hydrogen-bond donors (Lipinski definition) is 1. The highest BCUT2D eigenvalue weighted by Crippen LogP contribution is 2.21. The van der Waals surface area contributed by atoms with E-state index in [-0.39, 0.29) is 0 Å². The number of aromatic nitrogens is 1. The molecule has 0 aliphatic rings. The summed E-state index contributed by atoms with van der Waals surface area (Å²) in [6.07, 6.45) is 8.47. The van der Waals surface area contributed by atoms with Crippen LogP contribution < -0.4 is 0 Å². The first kappa shape index (κ1) is 8.76. The second kappa shape index (κ2) is 2.96. The van der Waals surface area contributed by atoms with Crippen LogP contribution in [0.25, 0.3) is 0 Å². The van der Waals surface area contributed by atoms with Gasteiger partial charge in [-0.2, -0.15) is 0 Å². The first-order valence-electron chi connectivity index (χ1n) is 3.69. The van der Waals surface area contributed by atoms with Gasteiger partial charge in [-0.1, -0.05) is 5.92 Å². The van der Waals surface area contributed by atoms with E-state index in [9.17, 15) is 5.11 Å². The number of hydrogen-bond acceptors (Lipinski definition) is 2. The maximum Gasteiger partial charge on any atom is 0.0867 e. The maximum atomic E-state index is 9.67. The molecule has 0 spiro atoms. The lowest BCUT2D eigenvalue weighted by Crippen LogP contribution is -2.17. The Morgan fingerprint density at radius 3 is 2.67 bits per heavy atom. The van der Waals surface area contributed by atoms with Crippen LogP contribution in [0, 0.1) is 12.3 Å². The molecule has 0 unspecified atom stereocenters. The lowest BCUT2D eigenvalue weighted by atomic mass is 9.96. The van der Waals surface area contributed by atoms with E-state index in [1.54, 1.807) is 32.3 Å². The molecule has 0 aromatic carbocycles. The third kappa shape index (κ3) is 1.63. The van der Waals surface area contributed by atoms with E-state index < -0.39 is 5.60 Å². The van der Waals surface area contributed by atoms with Crippen LogP contribution in [0.3, 0.4) is 0 Å². The van der Waals surface area contributed by atoms with Crippen LogP contribution >= 0.6 is 0 Å². The molecule has 62 valence electrons. The van der Waals surface area contributed by atoms with Crippen molar-refractivity contribution < 1.29 is 5.11 Å². The van der Waals surface area contributed by atoms with Crippen molar-refractivity contribution in [1.29, 1.82) is 0 Å². The maximum absolute atomic E-state index is 9.67. The van der Waals surface area contributed by atoms with Crippen LogP contribution in [-0.4, -0.2) is 10.1 Å². The minimum Gasteiger partial charge on any atom is -0.386 e. The first-order valence-corrected chi connectivity index (χ1v) is 3.69. The number of pyridine rings is 1. The van der Waals surface area contributed by atoms with Gasteiger partial charge in [0.15, 0.2) is 0 Å². The fourth-order valence-electron chi connectivity index (χ4n) is 1.01. The molecule has 1 aromatic rings. The van der Waals surface area contributed by atoms with Gasteiger partial charge in [0.1, 0.15) is 0 Å². The lowest BCUT2D eigenvalue weighted by Gasteiger charge is -2.18. The van der Waals surface area contributed by atoms with Crippen molar-refractivity contribution in [3.05, 3.63) is 29.6 Å². The average Bonchev–Trinajstić information content (AvgIpc) is 2.03. The van der Waals surface area contributed by atoms with E-state index in [0.717, 1.165) is 0 Å². The van der Waals surface area contributed by atoms with E-state index in [4.69, 9.17) is 6.42 Å². The van der Waals surface area contributed by atoms with Gasteiger partial charge in [-0.05, 0) is 19.9 Å². The number of terminal acetylenes is 1. The van der Waals surface area contributed by atoms with Crippen LogP contribution in [-0.2, 0) is 5.60 Å². The number of nitrogens with zero attached hydrogens (tertiary/aromatic N) is 1. The van der Waals surface area contributed by atoms with Gasteiger partial charge < -0.3 is 5.11 Å². The molecule has 1 heterocycles. The zero-order chi connectivity index (χ0) is 9.19. The van der Waals surface area contributed by atoms with Gasteiger partial charge in [0, 0.05) is 23.5 Å². The summed E-state index contributed by atoms with van der Waals surface area (Å²) < 4.78 is 0. The molecule has 0 fully saturated rings. The van der Waals surface area contributed by atoms with E-state index in [0.29, 0.717) is 11.1 Å². The van der Waals surface area contributed by atoms with Gasteiger partial charge in [0.05, 0.1) is 5.60 Å². The SMILES string of the molecule is C#Cc1ccncc1C(C)(C)O. The molecule has 0 aliphatic heterocycles. The lowest BCUT2D eigenvalue weighted by molar-refractivity contribution is 0.0779. The van der Waals surface area contributed by atoms with Crippen LogP contribution in [0.15, 0.2) is 18.5 Å². The Labute approximate surface area is 72.3 Å². The summed E-state index contributed by atoms with van der Waals surface area (Å²) in [6, 6.07) is 1.72. The number of aliphatic hydroxyl groups is 1. The predicted octanol–water partition coefficient (Wildman–Crippen LogP) is 1.29. The monoisotopic (exact) mass is 161 g/mol. The molecular weight excluding hydrogens is 150 g/mol. The molecule has 0 radical (unpaired) electrons. The molecule has 1 aromatic heterocycles. The zero-order valence-electron chi connectivity index (χ0n) is 7.20. The van der Waals surface area contributed by atoms with Crippen molar-refractivity contribution in [3.8, 4) is 12.3 Å². The van der Waals surface area contributed by atoms with Crippen molar-refractivity contribution >= 4 is 0 Å². The minimum absolute atomic E-state index is 0.688. The van der Waals surface area contributed by atoms with Gasteiger partial charge in [-0.3, -0.25) is 4.98 Å². The largest absolute Gasteiger partial charge is 0.386 e. The summed E-state index contributed by atoms with van der Waals surface area (Å²) >= 11 is 0. The molecule has 0 bridgehead atoms. The Kier molecular flexibility index (Phi) is 2.16. The van der Waals surface area contributed by atoms with Crippen LogP contribution in [0.5, 0.6) is 0 Å². The fourth-order valence-corrected chi connectivity index (χ4v) is 1.01. The van der Waals surface area contributed by atoms with Gasteiger partial charge in [0.25, 0.3) is 0 Å². The fraction of sp³-hybridized carbons (Fsp3) is 0.300. The topological polar surface area (TPSA) is 33.1 Å². The Morgan fingerprint density at radius 2 is 2.25 bits per heavy atom. The first-order chi connectivity index (χ1) is 5.55. The molecule has 0 atom stereocenters. The second-order valence-corrected chi connectivity index (χ2v) is 3.12. The van der Waals surface area contributed by atoms with Gasteiger partial charge in [0.2, 0.25) is 0 Å². The Bertz CT molecular complexity index is 317. The molecule has 2 nitrogen and oxygen atoms in total. The van der Waals surface area contributed by atoms with E-state index in [2.05, 4.69) is 10.9 Å². The summed E-state index contributed by atoms with van der Waals surface area (Å²) in [7, 11) is 0. The zero-order valence-corrected chi connectivity index (χ0v) is 7.20. The van der Waals surface area contributed by atoms with Gasteiger partial charge in [-0.15, -0.1) is 6.42 Å². The highest BCUT2D eigenvalue weighted by atomic mass is 16.3. The van der Waals surface area contributed by atoms with Crippen molar-refractivity contribution in [3.63, 3.8) is 0 Å². The number of rotatable bonds is 1. The van der Waals surface area contributed by atoms with Crippen molar-refractivity contribution in [1.82, 2.24) is 4.98 Å². The van der Waals surface area contributed by atoms with Crippen molar-refractivity contribution in [2.75, 3.05) is 0 Å². The second-order valence-electron chi connectivity index (χ2n) is 3.12. The van der Waals surface area contributed by atoms with Gasteiger partial charge in [-0.25, -0.2) is 0 Å². The van der Waals surface area contributed by atoms with Crippen LogP contribution in [0.1, 0.15) is 25.0 Å². The van der Waals surface area contributed by atoms with Crippen LogP contribution in [0.4, 0.5) is 0 Å². The molecule has 12 heavy (non-hydrogen) atoms. The molecule has 1 rings (SSSR count). The molecule has 2 heteroatoms. The third-order valence-corrected chi connectivity index (χ3v) is 1.64. The minimum atomic E-state index is -0.921. The van der Waals surface area contributed by atoms with E-state index in [1.165, 1.54) is 0 Å². The average molecular weight is 161 g/mol. The molecule has 0 amide bonds. The third-order valence-electron chi connectivity index (χ3n) is 1.64. The quantitative estimate of drug-likeness (QED) is 0.629. The molecule has 0 saturated carbocycles. The highest BCUT2D eigenvalue weighted by molar-refractivity contribution is 5.40. The van der Waals surface area contributed by atoms with Gasteiger partial charge >= 0.3 is 0 Å². The molecule has 0 saturated heterocycles. The van der Waals surface area contributed by atoms with Crippen LogP contribution in [0.2, 0.25) is 0 Å². The Balaban J connectivity index is 3.26. The summed E-state index contributed by atoms with van der Waals surface area (Å²) in [5.74, 6) is 2.50. The van der Waals surface area contributed by atoms with E-state index in [1.807, 2.05) is 0 Å². The smallest absolute Gasteiger partial charge is 0.0867 e. The molecule has 1 N–H and O–H groups in total. The molecule has 0 aliphatic carbocycles. The van der Waals surface area contributed by atoms with Crippen molar-refractivity contribution in [2.45, 2.75) is 19.4 Å². The highest BCUT2D eigenvalue weighted by Gasteiger charge is 2.18. The summed E-state index contributed by atoms with van der Waals surface area (Å²) in [5, 5.41) is 9.67. The summed E-state index contributed by atoms with van der Waals surface area (Å²) in [5.41, 5.74) is 0.459. The summed E-state index contributed by atoms with van der Waals surface area (Å²) in [6.45, 7) is 3.37. The molecular formula is C10H11NO. The Morgan fingerprint density at radius 1 is 1.58 bits per heavy atom. The van der Waals surface area contributed by atoms with Crippen molar-refractivity contribution in [2.24, 2.45) is 0 Å². The van der Waals surface area contributed by atoms with E-state index >= 15 is 0 Å². The predicted molar refractivity (Wildman–Crippen MR) is 47.4 cm³/mol. The standard InChI is InChI=1S/C10H11NO/c1-4-8-5-6-11-7-9(8)10(2,3)12/h1,5-7,12H,2-3H3. The normalized spacial score (nSPS) is 10.8. The Hall–Kier alpha value is -1.33.